The van der Waals surface area contributed by atoms with Gasteiger partial charge in [-0.15, -0.1) is 0 Å². The highest BCUT2D eigenvalue weighted by molar-refractivity contribution is 7.91. The van der Waals surface area contributed by atoms with Crippen LogP contribution in [0.2, 0.25) is 5.02 Å². The lowest BCUT2D eigenvalue weighted by atomic mass is 10.1. The zero-order valence-electron chi connectivity index (χ0n) is 59.4. The molecule has 10 rings (SSSR count). The predicted octanol–water partition coefficient (Wildman–Crippen LogP) is 11.5. The zero-order valence-corrected chi connectivity index (χ0v) is 61.8. The van der Waals surface area contributed by atoms with Gasteiger partial charge in [0.25, 0.3) is 0 Å². The summed E-state index contributed by atoms with van der Waals surface area (Å²) < 4.78 is 44.3. The van der Waals surface area contributed by atoms with Crippen LogP contribution in [-0.4, -0.2) is 181 Å². The van der Waals surface area contributed by atoms with Crippen LogP contribution in [0.4, 0.5) is 0 Å². The van der Waals surface area contributed by atoms with E-state index in [-0.39, 0.29) is 74.9 Å². The van der Waals surface area contributed by atoms with E-state index < -0.39 is 75.5 Å². The molecule has 0 aliphatic rings. The van der Waals surface area contributed by atoms with Crippen LogP contribution in [0.5, 0.6) is 86.2 Å². The topological polar surface area (TPSA) is 577 Å². The SMILES string of the molecule is C.CS(=O)(=O)c1cc(C=O)cc(O)c1O.CS(=O)(=O)c1cc(C=O)cc(O)c1O.Cc1cc(C=O)c(Cl)c(O)c1O.Cc1cc(C=O)cc(O)c1O.Cc1cc(C=O)cc(O)c1O.Cc1cccc(C=O)c1.O=Cc1cc(O)c(O)c(O)c1.O=Cc1ccc(C=O)cc1.O=Cc1ccc(O)c(O)c1.O=Cc1ccccc1C=O. The number of hydrogen-bond donors (Lipinski definition) is 15. The van der Waals surface area contributed by atoms with Gasteiger partial charge in [-0.3, -0.25) is 57.5 Å². The molecule has 0 bridgehead atoms. The average Bonchev–Trinajstić information content (AvgIpc) is 0.815. The molecule has 0 saturated heterocycles. The van der Waals surface area contributed by atoms with E-state index in [1.807, 2.05) is 25.1 Å². The van der Waals surface area contributed by atoms with Crippen LogP contribution < -0.4 is 0 Å². The summed E-state index contributed by atoms with van der Waals surface area (Å²) in [4.78, 5) is 122. The Labute approximate surface area is 649 Å². The quantitative estimate of drug-likeness (QED) is 0.0355. The highest BCUT2D eigenvalue weighted by Gasteiger charge is 2.20. The molecule has 0 radical (unpaired) electrons. The first-order valence-corrected chi connectivity index (χ1v) is 34.9. The maximum absolute atomic E-state index is 11.1. The fourth-order valence-corrected chi connectivity index (χ4v) is 9.75. The number of halogens is 1. The van der Waals surface area contributed by atoms with Gasteiger partial charge in [-0.05, 0) is 135 Å². The Morgan fingerprint density at radius 1 is 0.248 bits per heavy atom. The van der Waals surface area contributed by atoms with Crippen LogP contribution in [0.15, 0.2) is 168 Å². The van der Waals surface area contributed by atoms with Crippen molar-refractivity contribution in [2.45, 2.75) is 44.9 Å². The van der Waals surface area contributed by atoms with Gasteiger partial charge in [0, 0.05) is 79.3 Å². The number of phenols is 15. The highest BCUT2D eigenvalue weighted by atomic mass is 35.5. The molecule has 0 amide bonds. The molecule has 10 aromatic carbocycles. The molecule has 31 nitrogen and oxygen atoms in total. The molecule has 0 fully saturated rings. The van der Waals surface area contributed by atoms with Crippen molar-refractivity contribution in [3.63, 3.8) is 0 Å². The highest BCUT2D eigenvalue weighted by Crippen LogP contribution is 2.39. The average molecular weight is 1620 g/mol. The number of hydrogen-bond acceptors (Lipinski definition) is 31. The summed E-state index contributed by atoms with van der Waals surface area (Å²) in [7, 11) is -7.31. The van der Waals surface area contributed by atoms with E-state index in [0.717, 1.165) is 78.9 Å². The molecule has 0 saturated carbocycles. The third kappa shape index (κ3) is 32.4. The van der Waals surface area contributed by atoms with Crippen LogP contribution in [0, 0.1) is 27.7 Å². The molecule has 0 aliphatic heterocycles. The standard InChI is InChI=1S/C8H7ClO3.2C8H8O5S.2C8H8O3.2C8H6O2.C8H8O.C7H6O4.C7H6O3.CH4/c1-4-2-5(3-10)6(9)8(12)7(4)11;2*1-14(12,13)7-3-5(4-9)2-6(10)8(7)11;2*1-5-2-6(4-9)3-7(10)8(5)11;9-5-7-1-2-8(6-10)4-3-7;9-5-7-3-1-2-4-8(7)6-10;1-7-3-2-4-8(5-7)6-9;8-3-4-1-5(9)7(11)6(10)2-4;8-4-5-1-2-6(9)7(10)3-5;/h2-3,11-12H,1H3;2*2-4,10-11H,1H3;2*2-4,10-11H,1H3;2*1-6H;2-6H,1H3;1-3,9-11H;1-4,9-10H;1H4. The molecule has 34 heteroatoms. The lowest BCUT2D eigenvalue weighted by Gasteiger charge is -2.05. The van der Waals surface area contributed by atoms with Crippen molar-refractivity contribution in [3.8, 4) is 86.2 Å². The molecular formula is C79H75ClO31S2. The van der Waals surface area contributed by atoms with Crippen molar-refractivity contribution < 1.29 is 151 Å². The van der Waals surface area contributed by atoms with E-state index in [0.29, 0.717) is 112 Å². The molecule has 10 aromatic rings. The Balaban J connectivity index is 0.00000124. The van der Waals surface area contributed by atoms with E-state index >= 15 is 0 Å². The number of aryl methyl sites for hydroxylation is 4. The van der Waals surface area contributed by atoms with E-state index in [4.69, 9.17) is 78.0 Å². The van der Waals surface area contributed by atoms with Gasteiger partial charge in [-0.1, -0.05) is 91.3 Å². The summed E-state index contributed by atoms with van der Waals surface area (Å²) in [6.07, 6.45) is 9.00. The molecule has 0 atom stereocenters. The molecule has 0 spiro atoms. The van der Waals surface area contributed by atoms with Gasteiger partial charge in [0.05, 0.1) is 5.02 Å². The largest absolute Gasteiger partial charge is 0.504 e. The first kappa shape index (κ1) is 98.4. The van der Waals surface area contributed by atoms with Crippen molar-refractivity contribution in [1.29, 1.82) is 0 Å². The van der Waals surface area contributed by atoms with E-state index in [2.05, 4.69) is 0 Å². The van der Waals surface area contributed by atoms with Crippen molar-refractivity contribution >= 4 is 107 Å². The summed E-state index contributed by atoms with van der Waals surface area (Å²) in [5, 5.41) is 135. The summed E-state index contributed by atoms with van der Waals surface area (Å²) in [5.41, 5.74) is 6.65. The minimum absolute atomic E-state index is 0. The minimum atomic E-state index is -3.66. The number of aromatic hydroxyl groups is 15. The fourth-order valence-electron chi connectivity index (χ4n) is 7.95. The van der Waals surface area contributed by atoms with Crippen molar-refractivity contribution in [2.75, 3.05) is 12.5 Å². The van der Waals surface area contributed by atoms with Crippen LogP contribution >= 0.6 is 11.6 Å². The molecule has 113 heavy (non-hydrogen) atoms. The molecule has 0 aliphatic carbocycles. The van der Waals surface area contributed by atoms with E-state index in [1.165, 1.54) is 48.5 Å². The summed E-state index contributed by atoms with van der Waals surface area (Å²) in [6, 6.07) is 37.4. The molecule has 0 aromatic heterocycles. The maximum Gasteiger partial charge on any atom is 0.200 e. The predicted molar refractivity (Wildman–Crippen MR) is 411 cm³/mol. The van der Waals surface area contributed by atoms with Crippen molar-refractivity contribution in [1.82, 2.24) is 0 Å². The lowest BCUT2D eigenvalue weighted by molar-refractivity contribution is 0.109. The van der Waals surface area contributed by atoms with Gasteiger partial charge in [-0.2, -0.15) is 0 Å². The normalized spacial score (nSPS) is 9.69. The second-order valence-corrected chi connectivity index (χ2v) is 26.6. The summed E-state index contributed by atoms with van der Waals surface area (Å²) in [5.74, 6) is -6.44. The molecular weight excluding hydrogens is 1540 g/mol. The third-order valence-electron chi connectivity index (χ3n) is 13.7. The molecule has 596 valence electrons. The Morgan fingerprint density at radius 3 is 0.823 bits per heavy atom. The van der Waals surface area contributed by atoms with Crippen molar-refractivity contribution in [3.05, 3.63) is 252 Å². The maximum atomic E-state index is 11.1. The Morgan fingerprint density at radius 2 is 0.531 bits per heavy atom. The molecule has 0 heterocycles. The fraction of sp³-hybridized carbons (Fsp3) is 0.0886. The minimum Gasteiger partial charge on any atom is -0.504 e. The summed E-state index contributed by atoms with van der Waals surface area (Å²) >= 11 is 5.53. The smallest absolute Gasteiger partial charge is 0.200 e. The van der Waals surface area contributed by atoms with Gasteiger partial charge >= 0.3 is 0 Å². The number of aldehydes is 12. The number of benzene rings is 10. The van der Waals surface area contributed by atoms with Gasteiger partial charge in [0.15, 0.2) is 125 Å². The Hall–Kier alpha value is -14.6. The number of carbonyl (C=O) groups is 12. The van der Waals surface area contributed by atoms with E-state index in [1.54, 1.807) is 75.4 Å². The van der Waals surface area contributed by atoms with Gasteiger partial charge < -0.3 is 76.6 Å². The van der Waals surface area contributed by atoms with E-state index in [9.17, 15) is 84.6 Å². The number of rotatable bonds is 14. The monoisotopic (exact) mass is 1620 g/mol. The number of phenolic OH excluding ortho intramolecular Hbond substituents is 15. The van der Waals surface area contributed by atoms with Gasteiger partial charge in [0.1, 0.15) is 66.4 Å². The van der Waals surface area contributed by atoms with Gasteiger partial charge in [0.2, 0.25) is 0 Å². The first-order chi connectivity index (χ1) is 52.5. The first-order valence-electron chi connectivity index (χ1n) is 30.8. The van der Waals surface area contributed by atoms with Gasteiger partial charge in [-0.25, -0.2) is 16.8 Å². The van der Waals surface area contributed by atoms with Crippen molar-refractivity contribution in [2.24, 2.45) is 0 Å². The lowest BCUT2D eigenvalue weighted by Crippen LogP contribution is -1.99. The number of carbonyl (C=O) groups excluding carboxylic acids is 12. The second kappa shape index (κ2) is 48.0. The third-order valence-corrected chi connectivity index (χ3v) is 16.3. The van der Waals surface area contributed by atoms with Crippen LogP contribution in [-0.2, 0) is 19.7 Å². The number of sulfone groups is 2. The Kier molecular flexibility index (Phi) is 41.8. The summed E-state index contributed by atoms with van der Waals surface area (Å²) in [6.45, 7) is 6.76. The van der Waals surface area contributed by atoms with Crippen LogP contribution in [0.3, 0.4) is 0 Å². The van der Waals surface area contributed by atoms with Crippen LogP contribution in [0.25, 0.3) is 0 Å². The zero-order chi connectivity index (χ0) is 85.5. The molecule has 15 N–H and O–H groups in total. The second-order valence-electron chi connectivity index (χ2n) is 22.3. The molecule has 0 unspecified atom stereocenters. The van der Waals surface area contributed by atoms with Crippen LogP contribution in [0.1, 0.15) is 154 Å². The Bertz CT molecular complexity index is 4910.